The molecule has 3 rings (SSSR count). The van der Waals surface area contributed by atoms with Crippen molar-refractivity contribution < 1.29 is 14.3 Å². The summed E-state index contributed by atoms with van der Waals surface area (Å²) >= 11 is 12.2. The number of nitrogens with zero attached hydrogens (tertiary/aromatic N) is 2. The number of ether oxygens (including phenoxy) is 2. The van der Waals surface area contributed by atoms with Crippen LogP contribution in [0.15, 0.2) is 55.7 Å². The van der Waals surface area contributed by atoms with Crippen molar-refractivity contribution in [1.29, 1.82) is 0 Å². The summed E-state index contributed by atoms with van der Waals surface area (Å²) in [7, 11) is 1.57. The first-order valence-electron chi connectivity index (χ1n) is 9.16. The molecule has 1 heterocycles. The third kappa shape index (κ3) is 6.70. The number of rotatable bonds is 9. The van der Waals surface area contributed by atoms with E-state index < -0.39 is 0 Å². The van der Waals surface area contributed by atoms with Crippen molar-refractivity contribution in [3.8, 4) is 22.8 Å². The first kappa shape index (κ1) is 23.6. The maximum absolute atomic E-state index is 12.1. The van der Waals surface area contributed by atoms with Crippen molar-refractivity contribution >= 4 is 62.8 Å². The summed E-state index contributed by atoms with van der Waals surface area (Å²) in [6.07, 6.45) is 1.55. The van der Waals surface area contributed by atoms with E-state index in [-0.39, 0.29) is 11.7 Å². The highest BCUT2D eigenvalue weighted by molar-refractivity contribution is 9.10. The summed E-state index contributed by atoms with van der Waals surface area (Å²) in [5, 5.41) is 6.66. The number of carbonyl (C=O) groups is 1. The molecule has 0 radical (unpaired) electrons. The molecule has 31 heavy (non-hydrogen) atoms. The second-order valence-corrected chi connectivity index (χ2v) is 9.43. The first-order chi connectivity index (χ1) is 15.0. The molecular formula is C21H19BrClN3O3S2. The van der Waals surface area contributed by atoms with Gasteiger partial charge in [0.1, 0.15) is 0 Å². The van der Waals surface area contributed by atoms with Crippen molar-refractivity contribution in [2.24, 2.45) is 5.10 Å². The normalized spacial score (nSPS) is 11.0. The molecule has 0 atom stereocenters. The molecule has 0 aliphatic carbocycles. The lowest BCUT2D eigenvalue weighted by atomic mass is 10.2. The SMILES string of the molecule is CCOc1c(Br)cc(/C=N/NC(=O)CSc2nc(-c3ccc(Cl)cc3)cs2)cc1OC. The average molecular weight is 541 g/mol. The highest BCUT2D eigenvalue weighted by Crippen LogP contribution is 2.36. The predicted molar refractivity (Wildman–Crippen MR) is 131 cm³/mol. The molecule has 1 N–H and O–H groups in total. The molecule has 2 aromatic carbocycles. The molecule has 6 nitrogen and oxygen atoms in total. The van der Waals surface area contributed by atoms with Gasteiger partial charge in [0, 0.05) is 16.0 Å². The van der Waals surface area contributed by atoms with E-state index in [9.17, 15) is 4.79 Å². The second-order valence-electron chi connectivity index (χ2n) is 6.05. The molecule has 162 valence electrons. The molecule has 0 aliphatic heterocycles. The number of halogens is 2. The summed E-state index contributed by atoms with van der Waals surface area (Å²) in [5.41, 5.74) is 5.13. The van der Waals surface area contributed by atoms with Crippen molar-refractivity contribution in [3.05, 3.63) is 56.8 Å². The quantitative estimate of drug-likeness (QED) is 0.209. The lowest BCUT2D eigenvalue weighted by Gasteiger charge is -2.11. The topological polar surface area (TPSA) is 72.8 Å². The minimum absolute atomic E-state index is 0.210. The van der Waals surface area contributed by atoms with Crippen LogP contribution in [0.4, 0.5) is 0 Å². The van der Waals surface area contributed by atoms with Gasteiger partial charge >= 0.3 is 0 Å². The second kappa shape index (κ2) is 11.5. The first-order valence-corrected chi connectivity index (χ1v) is 12.2. The number of methoxy groups -OCH3 is 1. The van der Waals surface area contributed by atoms with Gasteiger partial charge in [-0.2, -0.15) is 5.10 Å². The van der Waals surface area contributed by atoms with Crippen molar-refractivity contribution in [1.82, 2.24) is 10.4 Å². The minimum atomic E-state index is -0.221. The summed E-state index contributed by atoms with van der Waals surface area (Å²) < 4.78 is 12.5. The summed E-state index contributed by atoms with van der Waals surface area (Å²) in [5.74, 6) is 1.20. The number of thiazole rings is 1. The molecule has 0 saturated carbocycles. The molecule has 3 aromatic rings. The van der Waals surface area contributed by atoms with Crippen LogP contribution in [0, 0.1) is 0 Å². The van der Waals surface area contributed by atoms with Gasteiger partial charge in [0.05, 0.1) is 35.9 Å². The lowest BCUT2D eigenvalue weighted by molar-refractivity contribution is -0.118. The average Bonchev–Trinajstić information content (AvgIpc) is 3.23. The zero-order chi connectivity index (χ0) is 22.2. The molecule has 0 aliphatic rings. The standard InChI is InChI=1S/C21H19BrClN3O3S2/c1-3-29-20-16(22)8-13(9-18(20)28-2)10-24-26-19(27)12-31-21-25-17(11-30-21)14-4-6-15(23)7-5-14/h4-11H,3,12H2,1-2H3,(H,26,27)/b24-10+. The van der Waals surface area contributed by atoms with Gasteiger partial charge in [-0.05, 0) is 52.7 Å². The largest absolute Gasteiger partial charge is 0.493 e. The fourth-order valence-electron chi connectivity index (χ4n) is 2.51. The zero-order valence-electron chi connectivity index (χ0n) is 16.7. The van der Waals surface area contributed by atoms with Crippen molar-refractivity contribution in [3.63, 3.8) is 0 Å². The van der Waals surface area contributed by atoms with Crippen molar-refractivity contribution in [2.75, 3.05) is 19.5 Å². The Morgan fingerprint density at radius 1 is 1.35 bits per heavy atom. The van der Waals surface area contributed by atoms with Gasteiger partial charge < -0.3 is 9.47 Å². The summed E-state index contributed by atoms with van der Waals surface area (Å²) in [6, 6.07) is 11.1. The number of hydrazone groups is 1. The number of nitrogens with one attached hydrogen (secondary N) is 1. The number of hydrogen-bond donors (Lipinski definition) is 1. The number of thioether (sulfide) groups is 1. The van der Waals surface area contributed by atoms with Crippen molar-refractivity contribution in [2.45, 2.75) is 11.3 Å². The van der Waals surface area contributed by atoms with Gasteiger partial charge in [0.15, 0.2) is 15.8 Å². The number of carbonyl (C=O) groups excluding carboxylic acids is 1. The highest BCUT2D eigenvalue weighted by Gasteiger charge is 2.11. The van der Waals surface area contributed by atoms with Crippen LogP contribution in [-0.2, 0) is 4.79 Å². The Labute approximate surface area is 202 Å². The Bertz CT molecular complexity index is 1070. The van der Waals surface area contributed by atoms with E-state index in [1.165, 1.54) is 23.1 Å². The molecule has 0 unspecified atom stereocenters. The molecule has 10 heteroatoms. The molecule has 0 saturated heterocycles. The third-order valence-corrected chi connectivity index (χ3v) is 6.76. The van der Waals surface area contributed by atoms with E-state index >= 15 is 0 Å². The molecule has 1 aromatic heterocycles. The van der Waals surface area contributed by atoms with E-state index in [0.29, 0.717) is 23.1 Å². The zero-order valence-corrected chi connectivity index (χ0v) is 20.7. The number of hydrogen-bond acceptors (Lipinski definition) is 7. The smallest absolute Gasteiger partial charge is 0.250 e. The summed E-state index contributed by atoms with van der Waals surface area (Å²) in [6.45, 7) is 2.43. The van der Waals surface area contributed by atoms with Crippen LogP contribution in [0.25, 0.3) is 11.3 Å². The molecule has 0 fully saturated rings. The van der Waals surface area contributed by atoms with Crippen LogP contribution in [0.5, 0.6) is 11.5 Å². The van der Waals surface area contributed by atoms with E-state index in [1.54, 1.807) is 19.4 Å². The van der Waals surface area contributed by atoms with Gasteiger partial charge in [-0.1, -0.05) is 35.5 Å². The fourth-order valence-corrected chi connectivity index (χ4v) is 4.84. The third-order valence-electron chi connectivity index (χ3n) is 3.89. The highest BCUT2D eigenvalue weighted by atomic mass is 79.9. The maximum atomic E-state index is 12.1. The Morgan fingerprint density at radius 2 is 2.13 bits per heavy atom. The van der Waals surface area contributed by atoms with Crippen LogP contribution < -0.4 is 14.9 Å². The van der Waals surface area contributed by atoms with Gasteiger partial charge in [-0.3, -0.25) is 4.79 Å². The van der Waals surface area contributed by atoms with E-state index in [2.05, 4.69) is 31.4 Å². The van der Waals surface area contributed by atoms with Crippen LogP contribution in [0.1, 0.15) is 12.5 Å². The Balaban J connectivity index is 1.53. The Morgan fingerprint density at radius 3 is 2.84 bits per heavy atom. The van der Waals surface area contributed by atoms with Gasteiger partial charge in [0.2, 0.25) is 0 Å². The number of amides is 1. The minimum Gasteiger partial charge on any atom is -0.493 e. The summed E-state index contributed by atoms with van der Waals surface area (Å²) in [4.78, 5) is 16.7. The van der Waals surface area contributed by atoms with Crippen LogP contribution in [0.3, 0.4) is 0 Å². The van der Waals surface area contributed by atoms with Gasteiger partial charge in [-0.15, -0.1) is 11.3 Å². The van der Waals surface area contributed by atoms with E-state index in [1.807, 2.05) is 42.6 Å². The Hall–Kier alpha value is -2.07. The molecule has 0 spiro atoms. The predicted octanol–water partition coefficient (Wildman–Crippen LogP) is 5.88. The van der Waals surface area contributed by atoms with Crippen LogP contribution >= 0.6 is 50.6 Å². The Kier molecular flexibility index (Phi) is 8.77. The van der Waals surface area contributed by atoms with E-state index in [4.69, 9.17) is 21.1 Å². The lowest BCUT2D eigenvalue weighted by Crippen LogP contribution is -2.19. The van der Waals surface area contributed by atoms with Gasteiger partial charge in [-0.25, -0.2) is 10.4 Å². The maximum Gasteiger partial charge on any atom is 0.250 e. The monoisotopic (exact) mass is 539 g/mol. The number of aromatic nitrogens is 1. The van der Waals surface area contributed by atoms with Gasteiger partial charge in [0.25, 0.3) is 5.91 Å². The fraction of sp³-hybridized carbons (Fsp3) is 0.190. The molecular weight excluding hydrogens is 522 g/mol. The molecule has 1 amide bonds. The molecule has 0 bridgehead atoms. The number of benzene rings is 2. The van der Waals surface area contributed by atoms with Crippen LogP contribution in [-0.4, -0.2) is 36.6 Å². The van der Waals surface area contributed by atoms with Crippen LogP contribution in [0.2, 0.25) is 5.02 Å². The van der Waals surface area contributed by atoms with E-state index in [0.717, 1.165) is 25.6 Å².